The zero-order chi connectivity index (χ0) is 19.5. The average molecular weight is 402 g/mol. The summed E-state index contributed by atoms with van der Waals surface area (Å²) in [5, 5.41) is 6.19. The molecule has 28 heavy (non-hydrogen) atoms. The molecule has 0 aromatic carbocycles. The third kappa shape index (κ3) is 3.99. The second-order valence-corrected chi connectivity index (χ2v) is 8.60. The number of hydrogen-bond donors (Lipinski definition) is 0. The lowest BCUT2D eigenvalue weighted by molar-refractivity contribution is -0.144. The van der Waals surface area contributed by atoms with Crippen LogP contribution in [0.3, 0.4) is 0 Å². The quantitative estimate of drug-likeness (QED) is 0.711. The van der Waals surface area contributed by atoms with E-state index in [0.717, 1.165) is 35.4 Å². The largest absolute Gasteiger partial charge is 0.465 e. The highest BCUT2D eigenvalue weighted by atomic mass is 32.1. The molecule has 0 spiro atoms. The van der Waals surface area contributed by atoms with Gasteiger partial charge in [0.05, 0.1) is 18.4 Å². The molecule has 2 fully saturated rings. The van der Waals surface area contributed by atoms with Gasteiger partial charge in [0.2, 0.25) is 0 Å². The van der Waals surface area contributed by atoms with Crippen molar-refractivity contribution in [3.05, 3.63) is 29.4 Å². The van der Waals surface area contributed by atoms with E-state index >= 15 is 0 Å². The minimum absolute atomic E-state index is 0.0991. The smallest absolute Gasteiger partial charge is 0.327 e. The number of carbonyl (C=O) groups excluding carboxylic acids is 2. The molecule has 0 radical (unpaired) electrons. The number of hydrogen-bond acceptors (Lipinski definition) is 5. The van der Waals surface area contributed by atoms with Crippen LogP contribution in [0.25, 0.3) is 10.4 Å². The van der Waals surface area contributed by atoms with E-state index < -0.39 is 0 Å². The van der Waals surface area contributed by atoms with Crippen LogP contribution in [0.1, 0.15) is 55.8 Å². The summed E-state index contributed by atoms with van der Waals surface area (Å²) in [7, 11) is 0. The number of rotatable bonds is 5. The Kier molecular flexibility index (Phi) is 5.80. The fourth-order valence-corrected chi connectivity index (χ4v) is 5.42. The summed E-state index contributed by atoms with van der Waals surface area (Å²) in [6.07, 6.45) is 10.9. The van der Waals surface area contributed by atoms with Crippen LogP contribution in [-0.4, -0.2) is 45.8 Å². The zero-order valence-electron chi connectivity index (χ0n) is 16.3. The number of amides is 1. The van der Waals surface area contributed by atoms with Gasteiger partial charge in [-0.3, -0.25) is 14.3 Å². The fourth-order valence-electron chi connectivity index (χ4n) is 4.56. The highest BCUT2D eigenvalue weighted by Crippen LogP contribution is 2.36. The number of piperidine rings is 1. The Hall–Kier alpha value is -2.15. The van der Waals surface area contributed by atoms with Crippen molar-refractivity contribution < 1.29 is 14.3 Å². The Morgan fingerprint density at radius 3 is 2.93 bits per heavy atom. The molecule has 0 N–H and O–H groups in total. The van der Waals surface area contributed by atoms with Crippen LogP contribution in [-0.2, 0) is 16.1 Å². The first-order valence-corrected chi connectivity index (χ1v) is 11.1. The van der Waals surface area contributed by atoms with E-state index in [4.69, 9.17) is 4.74 Å². The predicted octanol–water partition coefficient (Wildman–Crippen LogP) is 3.97. The Bertz CT molecular complexity index is 842. The van der Waals surface area contributed by atoms with Gasteiger partial charge >= 0.3 is 5.97 Å². The molecule has 2 unspecified atom stereocenters. The lowest BCUT2D eigenvalue weighted by Gasteiger charge is -2.44. The molecule has 0 bridgehead atoms. The molecule has 1 saturated carbocycles. The molecule has 1 aliphatic heterocycles. The first-order chi connectivity index (χ1) is 13.7. The number of thiophene rings is 1. The summed E-state index contributed by atoms with van der Waals surface area (Å²) in [6.45, 7) is 3.13. The minimum atomic E-state index is -0.300. The highest BCUT2D eigenvalue weighted by molar-refractivity contribution is 7.13. The van der Waals surface area contributed by atoms with Crippen molar-refractivity contribution >= 4 is 23.2 Å². The van der Waals surface area contributed by atoms with Crippen molar-refractivity contribution in [1.29, 1.82) is 0 Å². The zero-order valence-corrected chi connectivity index (χ0v) is 17.1. The van der Waals surface area contributed by atoms with Gasteiger partial charge < -0.3 is 9.64 Å². The normalized spacial score (nSPS) is 22.0. The maximum atomic E-state index is 13.2. The summed E-state index contributed by atoms with van der Waals surface area (Å²) in [5.74, 6) is 0.551. The third-order valence-corrected chi connectivity index (χ3v) is 6.84. The van der Waals surface area contributed by atoms with Crippen molar-refractivity contribution in [2.24, 2.45) is 5.92 Å². The Labute approximate surface area is 169 Å². The minimum Gasteiger partial charge on any atom is -0.465 e. The molecule has 3 heterocycles. The van der Waals surface area contributed by atoms with Crippen molar-refractivity contribution in [2.75, 3.05) is 13.2 Å². The van der Waals surface area contributed by atoms with E-state index in [1.807, 2.05) is 17.6 Å². The van der Waals surface area contributed by atoms with Gasteiger partial charge in [-0.1, -0.05) is 12.8 Å². The number of nitrogens with zero attached hydrogens (tertiary/aromatic N) is 3. The van der Waals surface area contributed by atoms with Gasteiger partial charge in [0.1, 0.15) is 6.54 Å². The first kappa shape index (κ1) is 19.2. The number of likely N-dealkylation sites (tertiary alicyclic amines) is 1. The summed E-state index contributed by atoms with van der Waals surface area (Å²) in [5.41, 5.74) is 1.69. The number of fused-ring (bicyclic) bond motifs is 1. The van der Waals surface area contributed by atoms with Crippen LogP contribution in [0.5, 0.6) is 0 Å². The van der Waals surface area contributed by atoms with E-state index in [1.165, 1.54) is 25.7 Å². The van der Waals surface area contributed by atoms with E-state index in [1.54, 1.807) is 29.1 Å². The van der Waals surface area contributed by atoms with Gasteiger partial charge in [-0.05, 0) is 44.6 Å². The van der Waals surface area contributed by atoms with Crippen molar-refractivity contribution in [2.45, 2.75) is 58.0 Å². The molecule has 150 valence electrons. The van der Waals surface area contributed by atoms with Crippen molar-refractivity contribution in [3.8, 4) is 10.4 Å². The summed E-state index contributed by atoms with van der Waals surface area (Å²) >= 11 is 1.55. The number of carbonyl (C=O) groups is 2. The van der Waals surface area contributed by atoms with Crippen LogP contribution in [0, 0.1) is 5.92 Å². The Morgan fingerprint density at radius 1 is 1.25 bits per heavy atom. The summed E-state index contributed by atoms with van der Waals surface area (Å²) < 4.78 is 6.53. The molecule has 2 aromatic rings. The van der Waals surface area contributed by atoms with E-state index in [0.29, 0.717) is 18.6 Å². The monoisotopic (exact) mass is 401 g/mol. The van der Waals surface area contributed by atoms with Gasteiger partial charge in [-0.15, -0.1) is 11.3 Å². The molecule has 1 aliphatic carbocycles. The van der Waals surface area contributed by atoms with Gasteiger partial charge in [0, 0.05) is 34.6 Å². The van der Waals surface area contributed by atoms with Gasteiger partial charge in [-0.25, -0.2) is 0 Å². The molecule has 2 aliphatic rings. The Balaban J connectivity index is 1.46. The lowest BCUT2D eigenvalue weighted by Crippen LogP contribution is -2.49. The number of esters is 1. The van der Waals surface area contributed by atoms with Gasteiger partial charge in [0.15, 0.2) is 0 Å². The molecular formula is C21H27N3O3S. The Morgan fingerprint density at radius 2 is 2.07 bits per heavy atom. The second-order valence-electron chi connectivity index (χ2n) is 7.68. The van der Waals surface area contributed by atoms with Crippen LogP contribution in [0.15, 0.2) is 23.8 Å². The average Bonchev–Trinajstić information content (AvgIpc) is 3.37. The number of aromatic nitrogens is 2. The van der Waals surface area contributed by atoms with Crippen LogP contribution >= 0.6 is 11.3 Å². The standard InChI is InChI=1S/C21H27N3O3S/c1-2-27-20(25)13-23-12-17(11-22-23)19-10-16(14-28-19)21(26)24-9-5-7-15-6-3-4-8-18(15)24/h10-12,14-15,18H,2-9,13H2,1H3. The predicted molar refractivity (Wildman–Crippen MR) is 108 cm³/mol. The van der Waals surface area contributed by atoms with Gasteiger partial charge in [-0.2, -0.15) is 5.10 Å². The molecule has 7 heteroatoms. The molecule has 2 aromatic heterocycles. The van der Waals surface area contributed by atoms with Crippen molar-refractivity contribution in [3.63, 3.8) is 0 Å². The van der Waals surface area contributed by atoms with Crippen LogP contribution < -0.4 is 0 Å². The second kappa shape index (κ2) is 8.47. The van der Waals surface area contributed by atoms with Crippen LogP contribution in [0.4, 0.5) is 0 Å². The first-order valence-electron chi connectivity index (χ1n) is 10.2. The van der Waals surface area contributed by atoms with Crippen LogP contribution in [0.2, 0.25) is 0 Å². The summed E-state index contributed by atoms with van der Waals surface area (Å²) in [4.78, 5) is 27.9. The van der Waals surface area contributed by atoms with Gasteiger partial charge in [0.25, 0.3) is 5.91 Å². The maximum absolute atomic E-state index is 13.2. The molecule has 2 atom stereocenters. The molecular weight excluding hydrogens is 374 g/mol. The van der Waals surface area contributed by atoms with E-state index in [2.05, 4.69) is 10.00 Å². The lowest BCUT2D eigenvalue weighted by atomic mass is 9.78. The topological polar surface area (TPSA) is 64.4 Å². The highest BCUT2D eigenvalue weighted by Gasteiger charge is 2.36. The SMILES string of the molecule is CCOC(=O)Cn1cc(-c2cc(C(=O)N3CCCC4CCCCC43)cs2)cn1. The fraction of sp³-hybridized carbons (Fsp3) is 0.571. The van der Waals surface area contributed by atoms with Crippen molar-refractivity contribution in [1.82, 2.24) is 14.7 Å². The molecule has 1 amide bonds. The maximum Gasteiger partial charge on any atom is 0.327 e. The summed E-state index contributed by atoms with van der Waals surface area (Å²) in [6, 6.07) is 2.39. The van der Waals surface area contributed by atoms with E-state index in [9.17, 15) is 9.59 Å². The molecule has 4 rings (SSSR count). The molecule has 6 nitrogen and oxygen atoms in total. The third-order valence-electron chi connectivity index (χ3n) is 5.86. The van der Waals surface area contributed by atoms with E-state index in [-0.39, 0.29) is 18.4 Å². The molecule has 1 saturated heterocycles. The number of ether oxygens (including phenoxy) is 1.